The van der Waals surface area contributed by atoms with E-state index in [4.69, 9.17) is 4.42 Å². The molecule has 0 aliphatic carbocycles. The Labute approximate surface area is 173 Å². The fourth-order valence-corrected chi connectivity index (χ4v) is 3.31. The number of amides is 2. The van der Waals surface area contributed by atoms with Crippen LogP contribution in [0.5, 0.6) is 0 Å². The lowest BCUT2D eigenvalue weighted by Gasteiger charge is -2.11. The molecule has 2 amide bonds. The highest BCUT2D eigenvalue weighted by Crippen LogP contribution is 2.23. The van der Waals surface area contributed by atoms with E-state index in [2.05, 4.69) is 20.8 Å². The summed E-state index contributed by atoms with van der Waals surface area (Å²) in [6.45, 7) is 5.72. The van der Waals surface area contributed by atoms with Crippen molar-refractivity contribution in [2.45, 2.75) is 26.0 Å². The molecule has 0 aliphatic rings. The number of carbonyl (C=O) groups is 2. The van der Waals surface area contributed by atoms with E-state index in [1.807, 2.05) is 63.2 Å². The summed E-state index contributed by atoms with van der Waals surface area (Å²) in [6.07, 6.45) is 0. The third-order valence-electron chi connectivity index (χ3n) is 4.19. The first-order chi connectivity index (χ1) is 13.9. The summed E-state index contributed by atoms with van der Waals surface area (Å²) in [7, 11) is 0. The first kappa shape index (κ1) is 20.6. The van der Waals surface area contributed by atoms with Crippen LogP contribution in [0, 0.1) is 20.8 Å². The molecule has 1 heterocycles. The minimum absolute atomic E-state index is 0.0755. The monoisotopic (exact) mass is 410 g/mol. The molecule has 2 aromatic carbocycles. The highest BCUT2D eigenvalue weighted by Gasteiger charge is 2.13. The van der Waals surface area contributed by atoms with Crippen LogP contribution in [0.3, 0.4) is 0 Å². The SMILES string of the molecule is Cc1cccc(-c2nnc(SCC(=O)NCC(=O)Nc3c(C)cccc3C)o2)c1. The number of benzene rings is 2. The number of nitrogens with one attached hydrogen (secondary N) is 2. The van der Waals surface area contributed by atoms with Crippen molar-refractivity contribution >= 4 is 29.3 Å². The molecular formula is C21H22N4O3S. The maximum atomic E-state index is 12.1. The molecule has 7 nitrogen and oxygen atoms in total. The van der Waals surface area contributed by atoms with Gasteiger partial charge >= 0.3 is 0 Å². The molecule has 29 heavy (non-hydrogen) atoms. The number of thioether (sulfide) groups is 1. The molecule has 0 atom stereocenters. The number of aryl methyl sites for hydroxylation is 3. The van der Waals surface area contributed by atoms with Gasteiger partial charge in [0.25, 0.3) is 5.22 Å². The maximum absolute atomic E-state index is 12.1. The van der Waals surface area contributed by atoms with Gasteiger partial charge in [0.2, 0.25) is 17.7 Å². The number of aromatic nitrogens is 2. The zero-order valence-corrected chi connectivity index (χ0v) is 17.3. The number of hydrogen-bond donors (Lipinski definition) is 2. The van der Waals surface area contributed by atoms with Crippen LogP contribution >= 0.6 is 11.8 Å². The summed E-state index contributed by atoms with van der Waals surface area (Å²) in [6, 6.07) is 13.5. The average molecular weight is 410 g/mol. The second-order valence-corrected chi connectivity index (χ2v) is 7.55. The normalized spacial score (nSPS) is 10.6. The van der Waals surface area contributed by atoms with Crippen LogP contribution in [0.1, 0.15) is 16.7 Å². The molecule has 0 unspecified atom stereocenters. The number of para-hydroxylation sites is 1. The summed E-state index contributed by atoms with van der Waals surface area (Å²) >= 11 is 1.12. The Hall–Kier alpha value is -3.13. The zero-order valence-electron chi connectivity index (χ0n) is 16.5. The molecule has 8 heteroatoms. The number of rotatable bonds is 7. The van der Waals surface area contributed by atoms with Gasteiger partial charge in [-0.25, -0.2) is 0 Å². The highest BCUT2D eigenvalue weighted by atomic mass is 32.2. The summed E-state index contributed by atoms with van der Waals surface area (Å²) in [5.74, 6) is -0.0848. The second-order valence-electron chi connectivity index (χ2n) is 6.62. The van der Waals surface area contributed by atoms with Crippen LogP contribution in [0.4, 0.5) is 5.69 Å². The Kier molecular flexibility index (Phi) is 6.66. The van der Waals surface area contributed by atoms with Crippen molar-refractivity contribution in [3.63, 3.8) is 0 Å². The third-order valence-corrected chi connectivity index (χ3v) is 5.01. The van der Waals surface area contributed by atoms with Gasteiger partial charge < -0.3 is 15.1 Å². The van der Waals surface area contributed by atoms with E-state index in [0.29, 0.717) is 11.1 Å². The van der Waals surface area contributed by atoms with E-state index < -0.39 is 0 Å². The Morgan fingerprint density at radius 1 is 1.00 bits per heavy atom. The molecule has 0 saturated heterocycles. The van der Waals surface area contributed by atoms with E-state index in [1.54, 1.807) is 0 Å². The lowest BCUT2D eigenvalue weighted by atomic mass is 10.1. The van der Waals surface area contributed by atoms with Crippen molar-refractivity contribution in [1.29, 1.82) is 0 Å². The second kappa shape index (κ2) is 9.38. The van der Waals surface area contributed by atoms with E-state index >= 15 is 0 Å². The molecule has 150 valence electrons. The van der Waals surface area contributed by atoms with Crippen molar-refractivity contribution in [3.8, 4) is 11.5 Å². The number of hydrogen-bond acceptors (Lipinski definition) is 6. The first-order valence-electron chi connectivity index (χ1n) is 9.08. The van der Waals surface area contributed by atoms with Gasteiger partial charge in [-0.15, -0.1) is 10.2 Å². The van der Waals surface area contributed by atoms with Crippen LogP contribution in [0.25, 0.3) is 11.5 Å². The summed E-state index contributed by atoms with van der Waals surface area (Å²) in [5, 5.41) is 13.7. The van der Waals surface area contributed by atoms with Crippen molar-refractivity contribution in [1.82, 2.24) is 15.5 Å². The Morgan fingerprint density at radius 2 is 1.72 bits per heavy atom. The van der Waals surface area contributed by atoms with E-state index in [9.17, 15) is 9.59 Å². The van der Waals surface area contributed by atoms with Gasteiger partial charge in [0.15, 0.2) is 0 Å². The van der Waals surface area contributed by atoms with Gasteiger partial charge in [0.05, 0.1) is 12.3 Å². The maximum Gasteiger partial charge on any atom is 0.277 e. The summed E-state index contributed by atoms with van der Waals surface area (Å²) in [4.78, 5) is 24.1. The molecular weight excluding hydrogens is 388 g/mol. The van der Waals surface area contributed by atoms with Gasteiger partial charge in [-0.05, 0) is 44.0 Å². The third kappa shape index (κ3) is 5.68. The number of nitrogens with zero attached hydrogens (tertiary/aromatic N) is 2. The minimum Gasteiger partial charge on any atom is -0.411 e. The molecule has 3 aromatic rings. The van der Waals surface area contributed by atoms with Crippen LogP contribution in [-0.4, -0.2) is 34.3 Å². The predicted molar refractivity (Wildman–Crippen MR) is 113 cm³/mol. The topological polar surface area (TPSA) is 97.1 Å². The standard InChI is InChI=1S/C21H22N4O3S/c1-13-6-4-9-16(10-13)20-24-25-21(28-20)29-12-18(27)22-11-17(26)23-19-14(2)7-5-8-15(19)3/h4-10H,11-12H2,1-3H3,(H,22,27)(H,23,26). The molecule has 0 spiro atoms. The van der Waals surface area contributed by atoms with E-state index in [-0.39, 0.29) is 24.1 Å². The lowest BCUT2D eigenvalue weighted by molar-refractivity contribution is -0.122. The molecule has 0 fully saturated rings. The van der Waals surface area contributed by atoms with Gasteiger partial charge in [-0.1, -0.05) is 47.7 Å². The molecule has 0 saturated carbocycles. The fraction of sp³-hybridized carbons (Fsp3) is 0.238. The van der Waals surface area contributed by atoms with Crippen LogP contribution in [0.2, 0.25) is 0 Å². The van der Waals surface area contributed by atoms with Crippen molar-refractivity contribution in [2.24, 2.45) is 0 Å². The Balaban J connectivity index is 1.46. The minimum atomic E-state index is -0.290. The highest BCUT2D eigenvalue weighted by molar-refractivity contribution is 7.99. The predicted octanol–water partition coefficient (Wildman–Crippen LogP) is 3.51. The number of carbonyl (C=O) groups excluding carboxylic acids is 2. The van der Waals surface area contributed by atoms with E-state index in [1.165, 1.54) is 0 Å². The van der Waals surface area contributed by atoms with Gasteiger partial charge in [0, 0.05) is 11.3 Å². The molecule has 2 N–H and O–H groups in total. The smallest absolute Gasteiger partial charge is 0.277 e. The molecule has 0 radical (unpaired) electrons. The average Bonchev–Trinajstić information content (AvgIpc) is 3.17. The molecule has 0 aliphatic heterocycles. The summed E-state index contributed by atoms with van der Waals surface area (Å²) in [5.41, 5.74) is 4.64. The molecule has 0 bridgehead atoms. The van der Waals surface area contributed by atoms with Crippen LogP contribution in [-0.2, 0) is 9.59 Å². The summed E-state index contributed by atoms with van der Waals surface area (Å²) < 4.78 is 5.59. The number of anilines is 1. The van der Waals surface area contributed by atoms with Gasteiger partial charge in [0.1, 0.15) is 0 Å². The Bertz CT molecular complexity index is 1010. The van der Waals surface area contributed by atoms with Crippen LogP contribution < -0.4 is 10.6 Å². The molecule has 3 rings (SSSR count). The quantitative estimate of drug-likeness (QED) is 0.579. The van der Waals surface area contributed by atoms with Crippen molar-refractivity contribution in [2.75, 3.05) is 17.6 Å². The van der Waals surface area contributed by atoms with Gasteiger partial charge in [-0.2, -0.15) is 0 Å². The lowest BCUT2D eigenvalue weighted by Crippen LogP contribution is -2.34. The largest absolute Gasteiger partial charge is 0.411 e. The fourth-order valence-electron chi connectivity index (χ4n) is 2.72. The van der Waals surface area contributed by atoms with E-state index in [0.717, 1.165) is 39.7 Å². The van der Waals surface area contributed by atoms with Gasteiger partial charge in [-0.3, -0.25) is 9.59 Å². The Morgan fingerprint density at radius 3 is 2.45 bits per heavy atom. The first-order valence-corrected chi connectivity index (χ1v) is 10.1. The van der Waals surface area contributed by atoms with Crippen molar-refractivity contribution in [3.05, 3.63) is 59.2 Å². The van der Waals surface area contributed by atoms with Crippen molar-refractivity contribution < 1.29 is 14.0 Å². The van der Waals surface area contributed by atoms with Crippen LogP contribution in [0.15, 0.2) is 52.1 Å². The molecule has 1 aromatic heterocycles. The zero-order chi connectivity index (χ0) is 20.8.